The van der Waals surface area contributed by atoms with E-state index in [2.05, 4.69) is 0 Å². The summed E-state index contributed by atoms with van der Waals surface area (Å²) in [6, 6.07) is 5.81. The molecule has 100 valence electrons. The topological polar surface area (TPSA) is 60.4 Å². The van der Waals surface area contributed by atoms with Crippen molar-refractivity contribution in [2.75, 3.05) is 12.4 Å². The molecule has 0 heterocycles. The molecule has 0 N–H and O–H groups in total. The molecule has 18 heavy (non-hydrogen) atoms. The predicted octanol–water partition coefficient (Wildman–Crippen LogP) is 2.46. The third-order valence-corrected chi connectivity index (χ3v) is 4.05. The number of ether oxygens (including phenoxy) is 1. The summed E-state index contributed by atoms with van der Waals surface area (Å²) in [6.07, 6.45) is 1.61. The lowest BCUT2D eigenvalue weighted by atomic mass is 10.4. The molecule has 0 amide bonds. The number of hydrogen-bond acceptors (Lipinski definition) is 4. The zero-order chi connectivity index (χ0) is 13.6. The second kappa shape index (κ2) is 6.75. The van der Waals surface area contributed by atoms with Crippen LogP contribution in [0.5, 0.6) is 0 Å². The molecule has 0 bridgehead atoms. The highest BCUT2D eigenvalue weighted by molar-refractivity contribution is 7.92. The van der Waals surface area contributed by atoms with Crippen LogP contribution in [0.25, 0.3) is 0 Å². The summed E-state index contributed by atoms with van der Waals surface area (Å²) >= 11 is 5.71. The Balaban J connectivity index is 2.68. The van der Waals surface area contributed by atoms with Crippen molar-refractivity contribution >= 4 is 27.4 Å². The van der Waals surface area contributed by atoms with Gasteiger partial charge < -0.3 is 4.74 Å². The van der Waals surface area contributed by atoms with Gasteiger partial charge in [0.25, 0.3) is 0 Å². The van der Waals surface area contributed by atoms with E-state index in [9.17, 15) is 13.2 Å². The molecule has 0 aliphatic carbocycles. The van der Waals surface area contributed by atoms with Gasteiger partial charge in [0.05, 0.1) is 11.5 Å². The molecule has 0 aliphatic rings. The molecule has 1 rings (SSSR count). The Morgan fingerprint density at radius 2 is 2.11 bits per heavy atom. The van der Waals surface area contributed by atoms with Gasteiger partial charge in [0.15, 0.2) is 15.6 Å². The van der Waals surface area contributed by atoms with Gasteiger partial charge in [0.1, 0.15) is 0 Å². The van der Waals surface area contributed by atoms with Crippen LogP contribution >= 0.6 is 11.6 Å². The van der Waals surface area contributed by atoms with Crippen molar-refractivity contribution in [2.45, 2.75) is 24.7 Å². The molecule has 0 aromatic heterocycles. The second-order valence-electron chi connectivity index (χ2n) is 3.79. The van der Waals surface area contributed by atoms with Crippen LogP contribution in [0, 0.1) is 0 Å². The van der Waals surface area contributed by atoms with Crippen LogP contribution in [-0.2, 0) is 19.4 Å². The number of hydrogen-bond donors (Lipinski definition) is 0. The summed E-state index contributed by atoms with van der Waals surface area (Å²) in [5.41, 5.74) is 0. The maximum atomic E-state index is 11.9. The monoisotopic (exact) mass is 290 g/mol. The van der Waals surface area contributed by atoms with Crippen LogP contribution in [0.4, 0.5) is 0 Å². The number of benzene rings is 1. The Morgan fingerprint density at radius 1 is 1.39 bits per heavy atom. The van der Waals surface area contributed by atoms with E-state index in [1.807, 2.05) is 6.92 Å². The van der Waals surface area contributed by atoms with E-state index in [0.717, 1.165) is 12.8 Å². The zero-order valence-electron chi connectivity index (χ0n) is 10.1. The van der Waals surface area contributed by atoms with Crippen LogP contribution in [0.3, 0.4) is 0 Å². The highest BCUT2D eigenvalue weighted by atomic mass is 35.5. The summed E-state index contributed by atoms with van der Waals surface area (Å²) in [5.74, 6) is -1.39. The highest BCUT2D eigenvalue weighted by Crippen LogP contribution is 2.16. The number of carbonyl (C=O) groups excluding carboxylic acids is 1. The van der Waals surface area contributed by atoms with E-state index in [1.165, 1.54) is 18.2 Å². The Labute approximate surface area is 112 Å². The summed E-state index contributed by atoms with van der Waals surface area (Å²) in [4.78, 5) is 11.4. The molecular formula is C12H15ClO4S. The van der Waals surface area contributed by atoms with Gasteiger partial charge in [0.2, 0.25) is 0 Å². The zero-order valence-corrected chi connectivity index (χ0v) is 11.6. The number of esters is 1. The average molecular weight is 291 g/mol. The first kappa shape index (κ1) is 15.0. The Morgan fingerprint density at radius 3 is 2.72 bits per heavy atom. The molecule has 0 saturated carbocycles. The van der Waals surface area contributed by atoms with Crippen LogP contribution < -0.4 is 0 Å². The van der Waals surface area contributed by atoms with Gasteiger partial charge in [-0.15, -0.1) is 0 Å². The molecule has 0 fully saturated rings. The molecule has 0 atom stereocenters. The van der Waals surface area contributed by atoms with Gasteiger partial charge in [-0.2, -0.15) is 0 Å². The first-order valence-electron chi connectivity index (χ1n) is 5.59. The van der Waals surface area contributed by atoms with Gasteiger partial charge in [-0.3, -0.25) is 4.79 Å². The SMILES string of the molecule is CCCCOC(=O)CS(=O)(=O)c1cccc(Cl)c1. The fourth-order valence-corrected chi connectivity index (χ4v) is 2.68. The number of sulfone groups is 1. The third-order valence-electron chi connectivity index (χ3n) is 2.22. The largest absolute Gasteiger partial charge is 0.465 e. The lowest BCUT2D eigenvalue weighted by Crippen LogP contribution is -2.19. The van der Waals surface area contributed by atoms with Gasteiger partial charge in [-0.05, 0) is 24.6 Å². The Bertz CT molecular complexity index is 511. The molecule has 1 aromatic carbocycles. The van der Waals surface area contributed by atoms with Crippen molar-refractivity contribution in [1.82, 2.24) is 0 Å². The minimum Gasteiger partial charge on any atom is -0.465 e. The summed E-state index contributed by atoms with van der Waals surface area (Å²) in [5, 5.41) is 0.315. The van der Waals surface area contributed by atoms with Crippen LogP contribution in [0.2, 0.25) is 5.02 Å². The number of halogens is 1. The van der Waals surface area contributed by atoms with E-state index < -0.39 is 21.6 Å². The predicted molar refractivity (Wildman–Crippen MR) is 69.4 cm³/mol. The minimum atomic E-state index is -3.68. The first-order valence-corrected chi connectivity index (χ1v) is 7.62. The van der Waals surface area contributed by atoms with Crippen LogP contribution in [0.1, 0.15) is 19.8 Å². The maximum absolute atomic E-state index is 11.9. The molecule has 0 radical (unpaired) electrons. The van der Waals surface area contributed by atoms with Crippen molar-refractivity contribution in [2.24, 2.45) is 0 Å². The van der Waals surface area contributed by atoms with E-state index >= 15 is 0 Å². The third kappa shape index (κ3) is 4.66. The quantitative estimate of drug-likeness (QED) is 0.596. The Hall–Kier alpha value is -1.07. The lowest BCUT2D eigenvalue weighted by molar-refractivity contribution is -0.140. The molecule has 6 heteroatoms. The van der Waals surface area contributed by atoms with E-state index in [1.54, 1.807) is 6.07 Å². The lowest BCUT2D eigenvalue weighted by Gasteiger charge is -2.05. The summed E-state index contributed by atoms with van der Waals surface area (Å²) in [6.45, 7) is 2.21. The van der Waals surface area contributed by atoms with Crippen molar-refractivity contribution in [3.05, 3.63) is 29.3 Å². The summed E-state index contributed by atoms with van der Waals surface area (Å²) < 4.78 is 28.6. The average Bonchev–Trinajstić information content (AvgIpc) is 2.28. The van der Waals surface area contributed by atoms with Crippen molar-refractivity contribution in [1.29, 1.82) is 0 Å². The smallest absolute Gasteiger partial charge is 0.321 e. The molecule has 1 aromatic rings. The number of rotatable bonds is 6. The molecular weight excluding hydrogens is 276 g/mol. The fourth-order valence-electron chi connectivity index (χ4n) is 1.27. The molecule has 0 saturated heterocycles. The summed E-state index contributed by atoms with van der Waals surface area (Å²) in [7, 11) is -3.68. The van der Waals surface area contributed by atoms with Gasteiger partial charge in [0, 0.05) is 5.02 Å². The van der Waals surface area contributed by atoms with Crippen LogP contribution in [0.15, 0.2) is 29.2 Å². The van der Waals surface area contributed by atoms with Gasteiger partial charge >= 0.3 is 5.97 Å². The number of carbonyl (C=O) groups is 1. The van der Waals surface area contributed by atoms with Crippen molar-refractivity contribution in [3.63, 3.8) is 0 Å². The minimum absolute atomic E-state index is 0.0300. The maximum Gasteiger partial charge on any atom is 0.321 e. The van der Waals surface area contributed by atoms with E-state index in [0.29, 0.717) is 5.02 Å². The first-order chi connectivity index (χ1) is 8.45. The molecule has 4 nitrogen and oxygen atoms in total. The van der Waals surface area contributed by atoms with Crippen molar-refractivity contribution < 1.29 is 17.9 Å². The molecule has 0 unspecified atom stereocenters. The standard InChI is InChI=1S/C12H15ClO4S/c1-2-3-7-17-12(14)9-18(15,16)11-6-4-5-10(13)8-11/h4-6,8H,2-3,7,9H2,1H3. The normalized spacial score (nSPS) is 11.2. The van der Waals surface area contributed by atoms with E-state index in [-0.39, 0.29) is 11.5 Å². The van der Waals surface area contributed by atoms with Crippen molar-refractivity contribution in [3.8, 4) is 0 Å². The van der Waals surface area contributed by atoms with Gasteiger partial charge in [-0.1, -0.05) is 31.0 Å². The van der Waals surface area contributed by atoms with Gasteiger partial charge in [-0.25, -0.2) is 8.42 Å². The second-order valence-corrected chi connectivity index (χ2v) is 6.22. The highest BCUT2D eigenvalue weighted by Gasteiger charge is 2.20. The van der Waals surface area contributed by atoms with E-state index in [4.69, 9.17) is 16.3 Å². The molecule has 0 aliphatic heterocycles. The fraction of sp³-hybridized carbons (Fsp3) is 0.417. The Kier molecular flexibility index (Phi) is 5.62. The van der Waals surface area contributed by atoms with Crippen LogP contribution in [-0.4, -0.2) is 26.7 Å². The molecule has 0 spiro atoms. The number of unbranched alkanes of at least 4 members (excludes halogenated alkanes) is 1.